The molecule has 11 heavy (non-hydrogen) atoms. The standard InChI is InChI=1S/C6H14GeO4/c1-6-4-5-10-7(8-2,9-3)11-6/h6H,4-5H2,1-3H3. The summed E-state index contributed by atoms with van der Waals surface area (Å²) in [5.74, 6) is 0. The summed E-state index contributed by atoms with van der Waals surface area (Å²) in [7, 11) is 3.14. The van der Waals surface area contributed by atoms with Gasteiger partial charge >= 0.3 is 69.9 Å². The first kappa shape index (κ1) is 9.47. The molecule has 4 nitrogen and oxygen atoms in total. The van der Waals surface area contributed by atoms with E-state index in [-0.39, 0.29) is 6.10 Å². The first-order valence-corrected chi connectivity index (χ1v) is 7.07. The van der Waals surface area contributed by atoms with E-state index in [1.54, 1.807) is 14.2 Å². The molecule has 0 spiro atoms. The summed E-state index contributed by atoms with van der Waals surface area (Å²) in [6.07, 6.45) is 1.11. The molecule has 1 fully saturated rings. The predicted molar refractivity (Wildman–Crippen MR) is 40.9 cm³/mol. The third kappa shape index (κ3) is 2.16. The van der Waals surface area contributed by atoms with Crippen LogP contribution in [-0.4, -0.2) is 41.5 Å². The molecule has 0 bridgehead atoms. The molecule has 1 unspecified atom stereocenters. The van der Waals surface area contributed by atoms with Gasteiger partial charge in [-0.2, -0.15) is 0 Å². The van der Waals surface area contributed by atoms with E-state index in [0.717, 1.165) is 6.42 Å². The van der Waals surface area contributed by atoms with Gasteiger partial charge < -0.3 is 0 Å². The molecule has 0 aliphatic carbocycles. The average Bonchev–Trinajstić information content (AvgIpc) is 2.04. The van der Waals surface area contributed by atoms with E-state index < -0.39 is 14.6 Å². The van der Waals surface area contributed by atoms with Gasteiger partial charge in [0, 0.05) is 0 Å². The van der Waals surface area contributed by atoms with Gasteiger partial charge in [0.25, 0.3) is 0 Å². The van der Waals surface area contributed by atoms with Gasteiger partial charge in [0.1, 0.15) is 0 Å². The van der Waals surface area contributed by atoms with Crippen LogP contribution < -0.4 is 0 Å². The molecule has 0 radical (unpaired) electrons. The van der Waals surface area contributed by atoms with Gasteiger partial charge in [-0.1, -0.05) is 0 Å². The maximum absolute atomic E-state index is 5.49. The van der Waals surface area contributed by atoms with E-state index in [1.165, 1.54) is 0 Å². The molecule has 1 rings (SSSR count). The van der Waals surface area contributed by atoms with Gasteiger partial charge in [-0.05, 0) is 0 Å². The molecule has 0 aromatic heterocycles. The minimum atomic E-state index is -3.19. The summed E-state index contributed by atoms with van der Waals surface area (Å²) >= 11 is -3.19. The van der Waals surface area contributed by atoms with Crippen molar-refractivity contribution in [2.75, 3.05) is 20.8 Å². The van der Waals surface area contributed by atoms with E-state index in [1.807, 2.05) is 6.92 Å². The van der Waals surface area contributed by atoms with Crippen LogP contribution >= 0.6 is 0 Å². The Morgan fingerprint density at radius 3 is 2.36 bits per heavy atom. The van der Waals surface area contributed by atoms with E-state index in [0.29, 0.717) is 6.61 Å². The second-order valence-corrected chi connectivity index (χ2v) is 7.39. The van der Waals surface area contributed by atoms with E-state index in [2.05, 4.69) is 0 Å². The summed E-state index contributed by atoms with van der Waals surface area (Å²) in [6, 6.07) is 0. The van der Waals surface area contributed by atoms with Crippen LogP contribution in [0.15, 0.2) is 0 Å². The van der Waals surface area contributed by atoms with Crippen LogP contribution in [-0.2, 0) is 15.1 Å². The zero-order chi connectivity index (χ0) is 8.32. The molecule has 1 aliphatic heterocycles. The van der Waals surface area contributed by atoms with E-state index in [9.17, 15) is 0 Å². The monoisotopic (exact) mass is 224 g/mol. The average molecular weight is 223 g/mol. The Bertz CT molecular complexity index is 126. The zero-order valence-corrected chi connectivity index (χ0v) is 9.22. The molecule has 5 heteroatoms. The zero-order valence-electron chi connectivity index (χ0n) is 7.12. The first-order valence-electron chi connectivity index (χ1n) is 3.64. The summed E-state index contributed by atoms with van der Waals surface area (Å²) < 4.78 is 21.1. The Morgan fingerprint density at radius 1 is 1.36 bits per heavy atom. The molecule has 1 heterocycles. The summed E-state index contributed by atoms with van der Waals surface area (Å²) in [5, 5.41) is 0. The Hall–Kier alpha value is 0.383. The van der Waals surface area contributed by atoms with Gasteiger partial charge in [-0.15, -0.1) is 0 Å². The molecular formula is C6H14GeO4. The Kier molecular flexibility index (Phi) is 3.33. The van der Waals surface area contributed by atoms with Crippen molar-refractivity contribution in [3.63, 3.8) is 0 Å². The molecule has 0 saturated carbocycles. The van der Waals surface area contributed by atoms with Gasteiger partial charge in [-0.25, -0.2) is 0 Å². The number of rotatable bonds is 2. The summed E-state index contributed by atoms with van der Waals surface area (Å²) in [4.78, 5) is 0. The second kappa shape index (κ2) is 3.86. The van der Waals surface area contributed by atoms with Crippen LogP contribution in [0.2, 0.25) is 0 Å². The fraction of sp³-hybridized carbons (Fsp3) is 1.00. The van der Waals surface area contributed by atoms with Crippen molar-refractivity contribution in [1.82, 2.24) is 0 Å². The van der Waals surface area contributed by atoms with Crippen molar-refractivity contribution in [1.29, 1.82) is 0 Å². The molecule has 0 aromatic carbocycles. The fourth-order valence-electron chi connectivity index (χ4n) is 0.987. The van der Waals surface area contributed by atoms with Crippen molar-refractivity contribution in [2.24, 2.45) is 0 Å². The molecule has 1 saturated heterocycles. The van der Waals surface area contributed by atoms with Crippen LogP contribution in [0.3, 0.4) is 0 Å². The van der Waals surface area contributed by atoms with E-state index in [4.69, 9.17) is 15.1 Å². The molecule has 0 N–H and O–H groups in total. The quantitative estimate of drug-likeness (QED) is 0.640. The normalized spacial score (nSPS) is 30.3. The molecule has 1 aliphatic rings. The topological polar surface area (TPSA) is 36.9 Å². The first-order chi connectivity index (χ1) is 5.22. The van der Waals surface area contributed by atoms with Crippen LogP contribution in [0, 0.1) is 0 Å². The summed E-state index contributed by atoms with van der Waals surface area (Å²) in [6.45, 7) is 2.68. The predicted octanol–water partition coefficient (Wildman–Crippen LogP) is 0.540. The van der Waals surface area contributed by atoms with Gasteiger partial charge in [0.2, 0.25) is 0 Å². The van der Waals surface area contributed by atoms with Gasteiger partial charge in [0.05, 0.1) is 0 Å². The number of hydrogen-bond acceptors (Lipinski definition) is 4. The van der Waals surface area contributed by atoms with Crippen LogP contribution in [0.4, 0.5) is 0 Å². The van der Waals surface area contributed by atoms with Gasteiger partial charge in [-0.3, -0.25) is 0 Å². The van der Waals surface area contributed by atoms with Crippen molar-refractivity contribution >= 4 is 14.6 Å². The van der Waals surface area contributed by atoms with Crippen LogP contribution in [0.5, 0.6) is 0 Å². The fourth-order valence-corrected chi connectivity index (χ4v) is 4.43. The molecule has 0 amide bonds. The third-order valence-electron chi connectivity index (χ3n) is 1.65. The Morgan fingerprint density at radius 2 is 2.00 bits per heavy atom. The minimum absolute atomic E-state index is 0.198. The molecule has 1 atom stereocenters. The van der Waals surface area contributed by atoms with Crippen LogP contribution in [0.1, 0.15) is 13.3 Å². The third-order valence-corrected chi connectivity index (χ3v) is 6.37. The van der Waals surface area contributed by atoms with Crippen molar-refractivity contribution in [3.8, 4) is 0 Å². The molecule has 66 valence electrons. The molecule has 0 aromatic rings. The Balaban J connectivity index is 2.52. The van der Waals surface area contributed by atoms with Crippen LogP contribution in [0.25, 0.3) is 0 Å². The Labute approximate surface area is 70.5 Å². The maximum atomic E-state index is 5.49. The SMILES string of the molecule is C[O][Ge]1([O]C)[O]CCC(C)[O]1. The number of hydrogen-bond donors (Lipinski definition) is 0. The van der Waals surface area contributed by atoms with Gasteiger partial charge in [0.15, 0.2) is 0 Å². The van der Waals surface area contributed by atoms with Crippen molar-refractivity contribution in [3.05, 3.63) is 0 Å². The van der Waals surface area contributed by atoms with E-state index >= 15 is 0 Å². The van der Waals surface area contributed by atoms with Crippen molar-refractivity contribution in [2.45, 2.75) is 19.4 Å². The van der Waals surface area contributed by atoms with Crippen molar-refractivity contribution < 1.29 is 15.1 Å². The second-order valence-electron chi connectivity index (χ2n) is 2.47. The molecular weight excluding hydrogens is 209 g/mol. The summed E-state index contributed by atoms with van der Waals surface area (Å²) in [5.41, 5.74) is 0.